The van der Waals surface area contributed by atoms with E-state index in [1.54, 1.807) is 0 Å². The van der Waals surface area contributed by atoms with E-state index in [9.17, 15) is 5.11 Å². The van der Waals surface area contributed by atoms with Gasteiger partial charge in [-0.05, 0) is 94.5 Å². The van der Waals surface area contributed by atoms with E-state index < -0.39 is 11.4 Å². The smallest absolute Gasteiger partial charge is 0.183 e. The van der Waals surface area contributed by atoms with Crippen LogP contribution in [0.3, 0.4) is 0 Å². The van der Waals surface area contributed by atoms with Crippen LogP contribution in [-0.4, -0.2) is 47.7 Å². The SMILES string of the molecule is CCCO[C@H]1O[C@@]2(OCCC)C[C@@](C)(O)[C@H]3C[C@@]4(C)CC[C@@]5(O[C@@H](C=C(C)C)C[C@@H]5C)[C@@H]4C/C=C/1[C@H]32. The summed E-state index contributed by atoms with van der Waals surface area (Å²) >= 11 is 0. The van der Waals surface area contributed by atoms with Crippen molar-refractivity contribution in [2.75, 3.05) is 13.2 Å². The number of fused-ring (bicyclic) bond motifs is 2. The van der Waals surface area contributed by atoms with Crippen LogP contribution in [0.2, 0.25) is 0 Å². The van der Waals surface area contributed by atoms with Crippen LogP contribution in [-0.2, 0) is 18.9 Å². The Morgan fingerprint density at radius 1 is 1.14 bits per heavy atom. The molecular formula is C31H50O5. The number of rotatable bonds is 7. The zero-order chi connectivity index (χ0) is 25.9. The maximum Gasteiger partial charge on any atom is 0.183 e. The molecule has 2 aliphatic heterocycles. The lowest BCUT2D eigenvalue weighted by atomic mass is 9.62. The van der Waals surface area contributed by atoms with Crippen molar-refractivity contribution in [3.63, 3.8) is 0 Å². The fraction of sp³-hybridized carbons (Fsp3) is 0.871. The van der Waals surface area contributed by atoms with Crippen molar-refractivity contribution < 1.29 is 24.1 Å². The second-order valence-corrected chi connectivity index (χ2v) is 13.4. The van der Waals surface area contributed by atoms with Gasteiger partial charge >= 0.3 is 0 Å². The quantitative estimate of drug-likeness (QED) is 0.400. The summed E-state index contributed by atoms with van der Waals surface area (Å²) in [5.41, 5.74) is 1.69. The second kappa shape index (κ2) is 9.48. The van der Waals surface area contributed by atoms with Gasteiger partial charge in [0.2, 0.25) is 0 Å². The molecule has 0 aromatic heterocycles. The molecule has 36 heavy (non-hydrogen) atoms. The maximum atomic E-state index is 11.9. The minimum atomic E-state index is -0.847. The molecule has 10 atom stereocenters. The van der Waals surface area contributed by atoms with Gasteiger partial charge in [-0.15, -0.1) is 0 Å². The van der Waals surface area contributed by atoms with Gasteiger partial charge in [0.15, 0.2) is 12.1 Å². The van der Waals surface area contributed by atoms with Gasteiger partial charge in [0.1, 0.15) is 0 Å². The Bertz CT molecular complexity index is 889. The number of ether oxygens (including phenoxy) is 4. The Morgan fingerprint density at radius 3 is 2.58 bits per heavy atom. The minimum absolute atomic E-state index is 0.0376. The molecule has 0 amide bonds. The van der Waals surface area contributed by atoms with E-state index in [4.69, 9.17) is 18.9 Å². The van der Waals surface area contributed by atoms with Crippen molar-refractivity contribution >= 4 is 0 Å². The summed E-state index contributed by atoms with van der Waals surface area (Å²) < 4.78 is 26.5. The van der Waals surface area contributed by atoms with Crippen molar-refractivity contribution in [1.82, 2.24) is 0 Å². The molecule has 1 spiro atoms. The molecule has 4 fully saturated rings. The Labute approximate surface area is 219 Å². The van der Waals surface area contributed by atoms with Crippen molar-refractivity contribution in [3.8, 4) is 0 Å². The lowest BCUT2D eigenvalue weighted by molar-refractivity contribution is -0.280. The van der Waals surface area contributed by atoms with Gasteiger partial charge in [0.25, 0.3) is 0 Å². The van der Waals surface area contributed by atoms with Crippen LogP contribution in [0.1, 0.15) is 99.8 Å². The van der Waals surface area contributed by atoms with Crippen LogP contribution in [0.15, 0.2) is 23.3 Å². The van der Waals surface area contributed by atoms with Crippen molar-refractivity contribution in [3.05, 3.63) is 23.3 Å². The molecule has 5 aliphatic rings. The van der Waals surface area contributed by atoms with Gasteiger partial charge < -0.3 is 24.1 Å². The monoisotopic (exact) mass is 502 g/mol. The van der Waals surface area contributed by atoms with Gasteiger partial charge in [-0.3, -0.25) is 0 Å². The zero-order valence-electron chi connectivity index (χ0n) is 23.8. The van der Waals surface area contributed by atoms with Crippen LogP contribution in [0.4, 0.5) is 0 Å². The Balaban J connectivity index is 1.55. The summed E-state index contributed by atoms with van der Waals surface area (Å²) in [6.07, 6.45) is 12.2. The summed E-state index contributed by atoms with van der Waals surface area (Å²) in [7, 11) is 0. The van der Waals surface area contributed by atoms with Gasteiger partial charge in [-0.1, -0.05) is 45.4 Å². The Kier molecular flexibility index (Phi) is 7.08. The van der Waals surface area contributed by atoms with Crippen molar-refractivity contribution in [2.24, 2.45) is 29.1 Å². The molecule has 0 radical (unpaired) electrons. The molecule has 5 nitrogen and oxygen atoms in total. The summed E-state index contributed by atoms with van der Waals surface area (Å²) in [4.78, 5) is 0. The van der Waals surface area contributed by atoms with Gasteiger partial charge in [-0.25, -0.2) is 0 Å². The van der Waals surface area contributed by atoms with E-state index in [1.807, 2.05) is 6.92 Å². The van der Waals surface area contributed by atoms with Crippen LogP contribution in [0, 0.1) is 29.1 Å². The normalized spacial score (nSPS) is 50.9. The summed E-state index contributed by atoms with van der Waals surface area (Å²) in [6, 6.07) is 0. The molecule has 2 heterocycles. The molecule has 204 valence electrons. The molecule has 0 unspecified atom stereocenters. The third-order valence-electron chi connectivity index (χ3n) is 10.3. The van der Waals surface area contributed by atoms with E-state index >= 15 is 0 Å². The first kappa shape index (κ1) is 26.9. The van der Waals surface area contributed by atoms with Gasteiger partial charge in [0.05, 0.1) is 17.3 Å². The average molecular weight is 503 g/mol. The molecular weight excluding hydrogens is 452 g/mol. The van der Waals surface area contributed by atoms with Gasteiger partial charge in [0, 0.05) is 25.6 Å². The maximum absolute atomic E-state index is 11.9. The fourth-order valence-electron chi connectivity index (χ4n) is 8.87. The molecule has 0 aromatic rings. The first-order valence-corrected chi connectivity index (χ1v) is 14.7. The number of hydrogen-bond donors (Lipinski definition) is 1. The average Bonchev–Trinajstić information content (AvgIpc) is 3.40. The fourth-order valence-corrected chi connectivity index (χ4v) is 8.87. The lowest BCUT2D eigenvalue weighted by Gasteiger charge is -2.46. The van der Waals surface area contributed by atoms with E-state index in [-0.39, 0.29) is 35.2 Å². The van der Waals surface area contributed by atoms with Crippen molar-refractivity contribution in [1.29, 1.82) is 0 Å². The highest BCUT2D eigenvalue weighted by atomic mass is 16.8. The van der Waals surface area contributed by atoms with Gasteiger partial charge in [-0.2, -0.15) is 0 Å². The third-order valence-corrected chi connectivity index (χ3v) is 10.3. The number of aliphatic hydroxyl groups is 1. The standard InChI is InChI=1S/C31H50O5/c1-8-14-33-27-23-10-11-25-28(6,12-13-30(25)21(5)17-22(35-30)16-20(3)4)18-24-26(23)31(36-27,34-15-9-2)19-29(24,7)32/h10,16,21-22,24-27,32H,8-9,11-15,17-19H2,1-7H3/b23-10+/t21-,22-,24-,25+,26+,27-,28+,29+,30-,31-/m0/s1. The minimum Gasteiger partial charge on any atom is -0.390 e. The summed E-state index contributed by atoms with van der Waals surface area (Å²) in [5.74, 6) is 0.250. The van der Waals surface area contributed by atoms with Crippen molar-refractivity contribution in [2.45, 2.75) is 129 Å². The largest absolute Gasteiger partial charge is 0.390 e. The molecule has 1 N–H and O–H groups in total. The highest BCUT2D eigenvalue weighted by Crippen LogP contribution is 2.67. The summed E-state index contributed by atoms with van der Waals surface area (Å²) in [5, 5.41) is 11.9. The molecule has 5 rings (SSSR count). The topological polar surface area (TPSA) is 57.2 Å². The van der Waals surface area contributed by atoms with Crippen LogP contribution < -0.4 is 0 Å². The van der Waals surface area contributed by atoms with E-state index in [1.165, 1.54) is 11.1 Å². The molecule has 2 saturated heterocycles. The highest BCUT2D eigenvalue weighted by Gasteiger charge is 2.70. The predicted molar refractivity (Wildman–Crippen MR) is 141 cm³/mol. The van der Waals surface area contributed by atoms with Crippen LogP contribution >= 0.6 is 0 Å². The second-order valence-electron chi connectivity index (χ2n) is 13.4. The first-order chi connectivity index (χ1) is 17.0. The number of hydrogen-bond acceptors (Lipinski definition) is 5. The van der Waals surface area contributed by atoms with E-state index in [0.29, 0.717) is 31.5 Å². The first-order valence-electron chi connectivity index (χ1n) is 14.7. The summed E-state index contributed by atoms with van der Waals surface area (Å²) in [6.45, 7) is 16.8. The Morgan fingerprint density at radius 2 is 1.89 bits per heavy atom. The molecule has 0 aromatic carbocycles. The Hall–Kier alpha value is -0.720. The van der Waals surface area contributed by atoms with Crippen LogP contribution in [0.5, 0.6) is 0 Å². The molecule has 3 aliphatic carbocycles. The third kappa shape index (κ3) is 4.16. The molecule has 2 saturated carbocycles. The lowest BCUT2D eigenvalue weighted by Crippen LogP contribution is -2.46. The van der Waals surface area contributed by atoms with E-state index in [0.717, 1.165) is 44.9 Å². The molecule has 5 heteroatoms. The van der Waals surface area contributed by atoms with E-state index in [2.05, 4.69) is 53.7 Å². The zero-order valence-corrected chi connectivity index (χ0v) is 23.8. The van der Waals surface area contributed by atoms with Crippen LogP contribution in [0.25, 0.3) is 0 Å². The molecule has 0 bridgehead atoms. The highest BCUT2D eigenvalue weighted by molar-refractivity contribution is 5.30. The number of allylic oxidation sites excluding steroid dienone is 2. The predicted octanol–water partition coefficient (Wildman–Crippen LogP) is 6.55.